The van der Waals surface area contributed by atoms with Crippen LogP contribution in [0.1, 0.15) is 30.6 Å². The molecule has 0 saturated carbocycles. The highest BCUT2D eigenvalue weighted by Gasteiger charge is 2.24. The summed E-state index contributed by atoms with van der Waals surface area (Å²) in [6, 6.07) is 2.70. The summed E-state index contributed by atoms with van der Waals surface area (Å²) >= 11 is 12.4. The number of likely N-dealkylation sites (N-methyl/N-ethyl adjacent to an activating group) is 1. The molecule has 3 aromatic rings. The highest BCUT2D eigenvalue weighted by Crippen LogP contribution is 2.42. The monoisotopic (exact) mass is 449 g/mol. The summed E-state index contributed by atoms with van der Waals surface area (Å²) in [6.07, 6.45) is 6.02. The first-order valence-corrected chi connectivity index (χ1v) is 10.4. The van der Waals surface area contributed by atoms with Gasteiger partial charge in [-0.1, -0.05) is 29.3 Å². The van der Waals surface area contributed by atoms with Gasteiger partial charge in [-0.15, -0.1) is 0 Å². The van der Waals surface area contributed by atoms with E-state index in [0.717, 1.165) is 30.5 Å². The van der Waals surface area contributed by atoms with Crippen molar-refractivity contribution in [3.63, 3.8) is 0 Å². The molecule has 1 atom stereocenters. The lowest BCUT2D eigenvalue weighted by molar-refractivity contribution is 0.227. The van der Waals surface area contributed by atoms with Crippen LogP contribution >= 0.6 is 23.2 Å². The number of hydrogen-bond donors (Lipinski definition) is 1. The van der Waals surface area contributed by atoms with Gasteiger partial charge >= 0.3 is 0 Å². The maximum absolute atomic E-state index is 14.0. The maximum atomic E-state index is 14.0. The fourth-order valence-corrected chi connectivity index (χ4v) is 4.35. The van der Waals surface area contributed by atoms with Crippen molar-refractivity contribution in [1.29, 1.82) is 0 Å². The van der Waals surface area contributed by atoms with Crippen LogP contribution in [0.25, 0.3) is 16.5 Å². The molecule has 0 radical (unpaired) electrons. The van der Waals surface area contributed by atoms with Gasteiger partial charge in [-0.05, 0) is 38.1 Å². The molecule has 8 heteroatoms. The summed E-state index contributed by atoms with van der Waals surface area (Å²) in [5.74, 6) is 0.390. The van der Waals surface area contributed by atoms with E-state index in [1.807, 2.05) is 0 Å². The minimum atomic E-state index is -0.628. The van der Waals surface area contributed by atoms with Gasteiger partial charge < -0.3 is 19.4 Å². The molecule has 1 aliphatic heterocycles. The Morgan fingerprint density at radius 3 is 2.83 bits per heavy atom. The number of nitrogens with zero attached hydrogens (tertiary/aromatic N) is 2. The zero-order valence-electron chi connectivity index (χ0n) is 16.9. The third-order valence-corrected chi connectivity index (χ3v) is 6.06. The molecule has 1 N–H and O–H groups in total. The van der Waals surface area contributed by atoms with Crippen molar-refractivity contribution >= 4 is 45.6 Å². The van der Waals surface area contributed by atoms with E-state index in [-0.39, 0.29) is 5.02 Å². The standard InChI is InChI=1S/C22H22Cl2FN3O2/c1-12(18-16(23)4-5-17(25)19(18)24)30-21-20-14(10-27-22(21)26-2)15(11-29-20)13-6-8-28(3)9-7-13/h4-6,10-12H,7-9H2,1-3H3,(H,26,27)/t12-/m1/s1. The van der Waals surface area contributed by atoms with E-state index in [9.17, 15) is 4.39 Å². The lowest BCUT2D eigenvalue weighted by Gasteiger charge is -2.21. The molecule has 3 heterocycles. The molecule has 0 fully saturated rings. The molecule has 2 aromatic heterocycles. The highest BCUT2D eigenvalue weighted by molar-refractivity contribution is 6.36. The van der Waals surface area contributed by atoms with Crippen LogP contribution in [-0.4, -0.2) is 37.1 Å². The number of fused-ring (bicyclic) bond motifs is 1. The topological polar surface area (TPSA) is 50.5 Å². The largest absolute Gasteiger partial charge is 0.478 e. The minimum absolute atomic E-state index is 0.0576. The molecular formula is C22H22Cl2FN3O2. The smallest absolute Gasteiger partial charge is 0.205 e. The lowest BCUT2D eigenvalue weighted by Crippen LogP contribution is -2.23. The summed E-state index contributed by atoms with van der Waals surface area (Å²) < 4.78 is 26.1. The first kappa shape index (κ1) is 21.0. The number of furan rings is 1. The van der Waals surface area contributed by atoms with Crippen molar-refractivity contribution in [2.45, 2.75) is 19.4 Å². The molecule has 0 aliphatic carbocycles. The van der Waals surface area contributed by atoms with Crippen LogP contribution in [0.4, 0.5) is 10.2 Å². The predicted molar refractivity (Wildman–Crippen MR) is 119 cm³/mol. The fraction of sp³-hybridized carbons (Fsp3) is 0.318. The van der Waals surface area contributed by atoms with Gasteiger partial charge in [0.05, 0.1) is 16.7 Å². The van der Waals surface area contributed by atoms with E-state index in [1.54, 1.807) is 26.4 Å². The van der Waals surface area contributed by atoms with Crippen LogP contribution in [0, 0.1) is 5.82 Å². The van der Waals surface area contributed by atoms with Gasteiger partial charge in [0.25, 0.3) is 0 Å². The van der Waals surface area contributed by atoms with Crippen LogP contribution in [-0.2, 0) is 0 Å². The van der Waals surface area contributed by atoms with Crippen LogP contribution in [0.5, 0.6) is 5.75 Å². The van der Waals surface area contributed by atoms with Gasteiger partial charge in [0.1, 0.15) is 11.9 Å². The van der Waals surface area contributed by atoms with Crippen LogP contribution in [0.3, 0.4) is 0 Å². The fourth-order valence-electron chi connectivity index (χ4n) is 3.67. The molecule has 0 spiro atoms. The van der Waals surface area contributed by atoms with Gasteiger partial charge in [-0.25, -0.2) is 9.37 Å². The number of pyridine rings is 1. The van der Waals surface area contributed by atoms with Crippen molar-refractivity contribution in [2.75, 3.05) is 32.5 Å². The molecule has 1 aliphatic rings. The first-order chi connectivity index (χ1) is 14.4. The molecule has 0 amide bonds. The number of benzene rings is 1. The second-order valence-electron chi connectivity index (χ2n) is 7.34. The molecule has 4 rings (SSSR count). The SMILES string of the molecule is CNc1ncc2c(C3=CCN(C)CC3)coc2c1O[C@H](C)c1c(Cl)ccc(F)c1Cl. The van der Waals surface area contributed by atoms with Gasteiger partial charge in [0.15, 0.2) is 11.4 Å². The van der Waals surface area contributed by atoms with Gasteiger partial charge in [0, 0.05) is 42.5 Å². The van der Waals surface area contributed by atoms with Crippen molar-refractivity contribution in [2.24, 2.45) is 0 Å². The van der Waals surface area contributed by atoms with E-state index in [2.05, 4.69) is 28.3 Å². The second-order valence-corrected chi connectivity index (χ2v) is 8.12. The van der Waals surface area contributed by atoms with Gasteiger partial charge in [0.2, 0.25) is 5.75 Å². The van der Waals surface area contributed by atoms with Crippen molar-refractivity contribution in [1.82, 2.24) is 9.88 Å². The third-order valence-electron chi connectivity index (χ3n) is 5.35. The Hall–Kier alpha value is -2.28. The number of rotatable bonds is 5. The third kappa shape index (κ3) is 3.75. The summed E-state index contributed by atoms with van der Waals surface area (Å²) in [4.78, 5) is 6.76. The van der Waals surface area contributed by atoms with E-state index in [0.29, 0.717) is 27.7 Å². The molecule has 30 heavy (non-hydrogen) atoms. The van der Waals surface area contributed by atoms with Crippen LogP contribution in [0.2, 0.25) is 10.0 Å². The Labute approximate surface area is 184 Å². The molecule has 5 nitrogen and oxygen atoms in total. The van der Waals surface area contributed by atoms with E-state index >= 15 is 0 Å². The Kier molecular flexibility index (Phi) is 5.91. The maximum Gasteiger partial charge on any atom is 0.205 e. The number of nitrogens with one attached hydrogen (secondary N) is 1. The van der Waals surface area contributed by atoms with E-state index in [1.165, 1.54) is 17.7 Å². The number of ether oxygens (including phenoxy) is 1. The van der Waals surface area contributed by atoms with Crippen molar-refractivity contribution in [3.05, 3.63) is 57.7 Å². The average Bonchev–Trinajstić information content (AvgIpc) is 3.16. The van der Waals surface area contributed by atoms with Crippen molar-refractivity contribution < 1.29 is 13.5 Å². The average molecular weight is 450 g/mol. The van der Waals surface area contributed by atoms with Gasteiger partial charge in [-0.3, -0.25) is 0 Å². The Morgan fingerprint density at radius 2 is 2.13 bits per heavy atom. The first-order valence-electron chi connectivity index (χ1n) is 9.66. The Balaban J connectivity index is 1.76. The Morgan fingerprint density at radius 1 is 1.33 bits per heavy atom. The predicted octanol–water partition coefficient (Wildman–Crippen LogP) is 6.17. The van der Waals surface area contributed by atoms with Crippen LogP contribution in [0.15, 0.2) is 35.1 Å². The quantitative estimate of drug-likeness (QED) is 0.471. The molecule has 158 valence electrons. The number of anilines is 1. The summed E-state index contributed by atoms with van der Waals surface area (Å²) in [6.45, 7) is 3.63. The zero-order valence-corrected chi connectivity index (χ0v) is 18.4. The molecule has 0 saturated heterocycles. The van der Waals surface area contributed by atoms with Crippen LogP contribution < -0.4 is 10.1 Å². The number of aromatic nitrogens is 1. The van der Waals surface area contributed by atoms with Gasteiger partial charge in [-0.2, -0.15) is 0 Å². The number of hydrogen-bond acceptors (Lipinski definition) is 5. The second kappa shape index (κ2) is 8.46. The lowest BCUT2D eigenvalue weighted by atomic mass is 10.00. The normalized spacial score (nSPS) is 15.9. The number of halogens is 3. The molecule has 0 unspecified atom stereocenters. The molecule has 0 bridgehead atoms. The molecular weight excluding hydrogens is 428 g/mol. The summed E-state index contributed by atoms with van der Waals surface area (Å²) in [5, 5.41) is 4.16. The highest BCUT2D eigenvalue weighted by atomic mass is 35.5. The summed E-state index contributed by atoms with van der Waals surface area (Å²) in [5.41, 5.74) is 3.18. The molecule has 1 aromatic carbocycles. The zero-order chi connectivity index (χ0) is 21.4. The minimum Gasteiger partial charge on any atom is -0.478 e. The summed E-state index contributed by atoms with van der Waals surface area (Å²) in [7, 11) is 3.84. The Bertz CT molecular complexity index is 1130. The van der Waals surface area contributed by atoms with E-state index < -0.39 is 11.9 Å². The van der Waals surface area contributed by atoms with Crippen molar-refractivity contribution in [3.8, 4) is 5.75 Å². The van der Waals surface area contributed by atoms with E-state index in [4.69, 9.17) is 32.4 Å².